The third kappa shape index (κ3) is 6.32. The molecule has 1 aliphatic carbocycles. The molecule has 12 heteroatoms. The van der Waals surface area contributed by atoms with E-state index in [1.165, 1.54) is 4.90 Å². The average Bonchev–Trinajstić information content (AvgIpc) is 3.66. The van der Waals surface area contributed by atoms with Gasteiger partial charge in [-0.05, 0) is 57.7 Å². The fourth-order valence-electron chi connectivity index (χ4n) is 5.85. The van der Waals surface area contributed by atoms with Crippen LogP contribution in [-0.4, -0.2) is 73.8 Å². The molecule has 10 nitrogen and oxygen atoms in total. The maximum atomic E-state index is 14.4. The summed E-state index contributed by atoms with van der Waals surface area (Å²) < 4.78 is 43.3. The molecule has 2 amide bonds. The van der Waals surface area contributed by atoms with Crippen LogP contribution in [0.5, 0.6) is 5.75 Å². The number of aryl methyl sites for hydroxylation is 1. The lowest BCUT2D eigenvalue weighted by Gasteiger charge is -2.31. The molecule has 4 aromatic rings. The zero-order valence-electron chi connectivity index (χ0n) is 26.4. The molecule has 1 N–H and O–H groups in total. The van der Waals surface area contributed by atoms with Gasteiger partial charge < -0.3 is 28.8 Å². The molecule has 0 bridgehead atoms. The summed E-state index contributed by atoms with van der Waals surface area (Å²) in [5, 5.41) is 3.46. The monoisotopic (exact) mass is 622 g/mol. The van der Waals surface area contributed by atoms with Crippen molar-refractivity contribution in [2.24, 2.45) is 13.0 Å². The summed E-state index contributed by atoms with van der Waals surface area (Å²) in [5.41, 5.74) is 3.25. The van der Waals surface area contributed by atoms with Crippen molar-refractivity contribution in [3.05, 3.63) is 41.6 Å². The first kappa shape index (κ1) is 30.8. The van der Waals surface area contributed by atoms with E-state index >= 15 is 0 Å². The number of aromatic nitrogens is 4. The first-order valence-corrected chi connectivity index (χ1v) is 15.6. The molecule has 0 saturated heterocycles. The van der Waals surface area contributed by atoms with E-state index in [1.54, 1.807) is 39.8 Å². The number of nitrogens with one attached hydrogen (secondary N) is 1. The third-order valence-electron chi connectivity index (χ3n) is 8.23. The van der Waals surface area contributed by atoms with Crippen LogP contribution in [0.2, 0.25) is 0 Å². The highest BCUT2D eigenvalue weighted by atomic mass is 19.1. The lowest BCUT2D eigenvalue weighted by atomic mass is 10.0. The van der Waals surface area contributed by atoms with Crippen LogP contribution < -0.4 is 10.1 Å². The molecule has 0 spiro atoms. The van der Waals surface area contributed by atoms with Crippen molar-refractivity contribution in [2.45, 2.75) is 77.9 Å². The van der Waals surface area contributed by atoms with Gasteiger partial charge in [0.15, 0.2) is 11.5 Å². The zero-order chi connectivity index (χ0) is 32.0. The number of fused-ring (bicyclic) bond motifs is 3. The first-order valence-electron chi connectivity index (χ1n) is 15.6. The number of imidazole rings is 1. The van der Waals surface area contributed by atoms with Crippen LogP contribution in [-0.2, 0) is 24.8 Å². The fraction of sp³-hybridized carbons (Fsp3) is 0.515. The third-order valence-corrected chi connectivity index (χ3v) is 8.23. The molecule has 1 saturated carbocycles. The van der Waals surface area contributed by atoms with E-state index in [0.717, 1.165) is 36.0 Å². The number of pyridine rings is 1. The van der Waals surface area contributed by atoms with Crippen molar-refractivity contribution >= 4 is 34.1 Å². The molecule has 3 aromatic heterocycles. The quantitative estimate of drug-likeness (QED) is 0.235. The fourth-order valence-corrected chi connectivity index (χ4v) is 5.85. The van der Waals surface area contributed by atoms with E-state index in [-0.39, 0.29) is 18.9 Å². The largest absolute Gasteiger partial charge is 0.458 e. The highest BCUT2D eigenvalue weighted by Crippen LogP contribution is 2.39. The molecule has 1 aliphatic heterocycles. The minimum atomic E-state index is -1.40. The van der Waals surface area contributed by atoms with Crippen molar-refractivity contribution < 1.29 is 27.8 Å². The maximum absolute atomic E-state index is 14.4. The summed E-state index contributed by atoms with van der Waals surface area (Å²) in [4.78, 5) is 37.1. The number of para-hydroxylation sites is 1. The molecule has 1 fully saturated rings. The van der Waals surface area contributed by atoms with Gasteiger partial charge in [-0.15, -0.1) is 0 Å². The highest BCUT2D eigenvalue weighted by Gasteiger charge is 2.31. The van der Waals surface area contributed by atoms with Crippen molar-refractivity contribution in [1.29, 1.82) is 0 Å². The zero-order valence-corrected chi connectivity index (χ0v) is 26.4. The summed E-state index contributed by atoms with van der Waals surface area (Å²) in [5.74, 6) is 1.42. The van der Waals surface area contributed by atoms with E-state index in [1.807, 2.05) is 29.8 Å². The Morgan fingerprint density at radius 3 is 2.67 bits per heavy atom. The molecule has 2 aliphatic rings. The van der Waals surface area contributed by atoms with Crippen molar-refractivity contribution in [3.8, 4) is 17.3 Å². The molecule has 4 heterocycles. The lowest BCUT2D eigenvalue weighted by Crippen LogP contribution is -2.50. The standard InChI is InChI=1S/C33H40F2N6O4/c1-6-27(35)44-26-9-7-8-20-14-25(41(28(20)26)17-19-10-11-19)30-38-24-15-22-23(37-29(24)39(30)5)12-13-40(31(22)42)18-21(16-34)36-32(43)45-33(2,3)4/h7-9,14-15,19,21,27H,6,10-13,16-18H2,1-5H3,(H,36,43)/t21-,27?/m1/s1. The number of halogens is 2. The van der Waals surface area contributed by atoms with Gasteiger partial charge in [-0.2, -0.15) is 0 Å². The SMILES string of the molecule is CCC(F)Oc1cccc2cc(-c3nc4cc5c(nc4n3C)CCN(C[C@@H](CF)NC(=O)OC(C)(C)C)C5=O)n(CC3CC3)c12. The normalized spacial score (nSPS) is 16.6. The number of ether oxygens (including phenoxy) is 2. The van der Waals surface area contributed by atoms with Crippen LogP contribution in [0.3, 0.4) is 0 Å². The summed E-state index contributed by atoms with van der Waals surface area (Å²) >= 11 is 0. The maximum Gasteiger partial charge on any atom is 0.408 e. The Morgan fingerprint density at radius 2 is 1.98 bits per heavy atom. The van der Waals surface area contributed by atoms with Gasteiger partial charge >= 0.3 is 6.09 Å². The van der Waals surface area contributed by atoms with E-state index in [4.69, 9.17) is 19.4 Å². The molecule has 240 valence electrons. The summed E-state index contributed by atoms with van der Waals surface area (Å²) in [6.45, 7) is 7.19. The van der Waals surface area contributed by atoms with Gasteiger partial charge in [0.25, 0.3) is 5.91 Å². The molecular formula is C33H40F2N6O4. The molecule has 45 heavy (non-hydrogen) atoms. The number of rotatable bonds is 10. The van der Waals surface area contributed by atoms with E-state index < -0.39 is 30.8 Å². The predicted molar refractivity (Wildman–Crippen MR) is 167 cm³/mol. The van der Waals surface area contributed by atoms with E-state index in [0.29, 0.717) is 52.9 Å². The molecule has 2 atom stereocenters. The molecule has 6 rings (SSSR count). The average molecular weight is 623 g/mol. The van der Waals surface area contributed by atoms with Crippen molar-refractivity contribution in [1.82, 2.24) is 29.3 Å². The van der Waals surface area contributed by atoms with Gasteiger partial charge in [-0.3, -0.25) is 4.79 Å². The Hall–Kier alpha value is -4.22. The van der Waals surface area contributed by atoms with Crippen LogP contribution >= 0.6 is 0 Å². The van der Waals surface area contributed by atoms with Gasteiger partial charge in [0.1, 0.15) is 23.5 Å². The number of carbonyl (C=O) groups is 2. The Kier molecular flexibility index (Phi) is 8.17. The minimum absolute atomic E-state index is 0.00294. The predicted octanol–water partition coefficient (Wildman–Crippen LogP) is 5.95. The summed E-state index contributed by atoms with van der Waals surface area (Å²) in [7, 11) is 1.90. The number of carbonyl (C=O) groups excluding carboxylic acids is 2. The van der Waals surface area contributed by atoms with Crippen LogP contribution in [0.25, 0.3) is 33.6 Å². The Labute approximate surface area is 260 Å². The topological polar surface area (TPSA) is 104 Å². The van der Waals surface area contributed by atoms with Gasteiger partial charge in [-0.25, -0.2) is 23.5 Å². The van der Waals surface area contributed by atoms with Gasteiger partial charge in [0, 0.05) is 44.9 Å². The lowest BCUT2D eigenvalue weighted by molar-refractivity contribution is 0.0465. The summed E-state index contributed by atoms with van der Waals surface area (Å²) in [6, 6.07) is 8.55. The Balaban J connectivity index is 1.32. The van der Waals surface area contributed by atoms with Crippen molar-refractivity contribution in [3.63, 3.8) is 0 Å². The van der Waals surface area contributed by atoms with Gasteiger partial charge in [0.05, 0.1) is 28.5 Å². The molecule has 1 aromatic carbocycles. The number of nitrogens with zero attached hydrogens (tertiary/aromatic N) is 5. The van der Waals surface area contributed by atoms with Crippen LogP contribution in [0.4, 0.5) is 13.6 Å². The second-order valence-electron chi connectivity index (χ2n) is 13.0. The number of alkyl carbamates (subject to hydrolysis) is 1. The van der Waals surface area contributed by atoms with Gasteiger partial charge in [0.2, 0.25) is 6.36 Å². The minimum Gasteiger partial charge on any atom is -0.458 e. The van der Waals surface area contributed by atoms with Crippen LogP contribution in [0.1, 0.15) is 63.0 Å². The number of benzene rings is 1. The summed E-state index contributed by atoms with van der Waals surface area (Å²) in [6.07, 6.45) is 0.863. The smallest absolute Gasteiger partial charge is 0.408 e. The number of hydrogen-bond acceptors (Lipinski definition) is 6. The van der Waals surface area contributed by atoms with Crippen LogP contribution in [0, 0.1) is 5.92 Å². The molecule has 0 radical (unpaired) electrons. The number of amides is 2. The number of alkyl halides is 2. The van der Waals surface area contributed by atoms with Crippen molar-refractivity contribution in [2.75, 3.05) is 19.8 Å². The second kappa shape index (κ2) is 11.9. The molecular weight excluding hydrogens is 582 g/mol. The Morgan fingerprint density at radius 1 is 1.20 bits per heavy atom. The highest BCUT2D eigenvalue weighted by molar-refractivity contribution is 5.99. The van der Waals surface area contributed by atoms with E-state index in [9.17, 15) is 18.4 Å². The van der Waals surface area contributed by atoms with Gasteiger partial charge in [-0.1, -0.05) is 19.1 Å². The number of hydrogen-bond donors (Lipinski definition) is 1. The van der Waals surface area contributed by atoms with Crippen LogP contribution in [0.15, 0.2) is 30.3 Å². The molecule has 1 unspecified atom stereocenters. The second-order valence-corrected chi connectivity index (χ2v) is 13.0. The Bertz CT molecular complexity index is 1760. The first-order chi connectivity index (χ1) is 21.5. The van der Waals surface area contributed by atoms with E-state index in [2.05, 4.69) is 9.88 Å².